The third-order valence-electron chi connectivity index (χ3n) is 2.68. The number of ether oxygens (including phenoxy) is 1. The molecular weight excluding hydrogens is 214 g/mol. The number of rotatable bonds is 4. The molecule has 4 heteroatoms. The molecule has 1 rings (SSSR count). The highest BCUT2D eigenvalue weighted by atomic mass is 16.5. The lowest BCUT2D eigenvalue weighted by Gasteiger charge is -2.18. The molecule has 0 amide bonds. The molecule has 0 aromatic carbocycles. The topological polar surface area (TPSA) is 47.9 Å². The third kappa shape index (κ3) is 3.95. The molecule has 0 radical (unpaired) electrons. The van der Waals surface area contributed by atoms with E-state index in [0.717, 1.165) is 24.4 Å². The highest BCUT2D eigenvalue weighted by Crippen LogP contribution is 2.25. The number of aromatic nitrogens is 3. The van der Waals surface area contributed by atoms with E-state index in [9.17, 15) is 0 Å². The molecule has 0 bridgehead atoms. The Bertz CT molecular complexity index is 371. The molecule has 96 valence electrons. The fourth-order valence-electron chi connectivity index (χ4n) is 1.51. The fraction of sp³-hybridized carbons (Fsp3) is 0.769. The zero-order valence-electron chi connectivity index (χ0n) is 11.7. The molecule has 4 nitrogen and oxygen atoms in total. The summed E-state index contributed by atoms with van der Waals surface area (Å²) in [5, 5.41) is 8.47. The zero-order chi connectivity index (χ0) is 13.1. The Morgan fingerprint density at radius 2 is 1.88 bits per heavy atom. The van der Waals surface area contributed by atoms with Crippen molar-refractivity contribution in [3.63, 3.8) is 0 Å². The maximum Gasteiger partial charge on any atom is 0.239 e. The van der Waals surface area contributed by atoms with Crippen molar-refractivity contribution in [2.24, 2.45) is 5.41 Å². The first-order valence-corrected chi connectivity index (χ1v) is 6.15. The molecule has 1 aromatic heterocycles. The average Bonchev–Trinajstić information content (AvgIpc) is 2.26. The standard InChI is InChI=1S/C13H23N3O/c1-7-9(2)11-14-12(17-6)10(15-16-11)8-13(3,4)5/h9H,7-8H2,1-6H3. The van der Waals surface area contributed by atoms with Crippen LogP contribution < -0.4 is 4.74 Å². The van der Waals surface area contributed by atoms with Gasteiger partial charge in [0.05, 0.1) is 7.11 Å². The molecular formula is C13H23N3O. The predicted molar refractivity (Wildman–Crippen MR) is 68.2 cm³/mol. The molecule has 1 unspecified atom stereocenters. The Morgan fingerprint density at radius 3 is 2.35 bits per heavy atom. The van der Waals surface area contributed by atoms with Crippen LogP contribution in [0.2, 0.25) is 0 Å². The smallest absolute Gasteiger partial charge is 0.239 e. The van der Waals surface area contributed by atoms with Gasteiger partial charge in [0.2, 0.25) is 5.88 Å². The highest BCUT2D eigenvalue weighted by Gasteiger charge is 2.19. The van der Waals surface area contributed by atoms with Crippen molar-refractivity contribution in [2.75, 3.05) is 7.11 Å². The molecule has 0 fully saturated rings. The van der Waals surface area contributed by atoms with E-state index in [2.05, 4.69) is 49.8 Å². The maximum atomic E-state index is 5.31. The molecule has 17 heavy (non-hydrogen) atoms. The number of methoxy groups -OCH3 is 1. The summed E-state index contributed by atoms with van der Waals surface area (Å²) in [6.07, 6.45) is 1.82. The minimum absolute atomic E-state index is 0.154. The van der Waals surface area contributed by atoms with Crippen LogP contribution in [0.15, 0.2) is 0 Å². The van der Waals surface area contributed by atoms with Crippen molar-refractivity contribution < 1.29 is 4.74 Å². The minimum atomic E-state index is 0.154. The van der Waals surface area contributed by atoms with Crippen LogP contribution in [0.5, 0.6) is 5.88 Å². The normalized spacial score (nSPS) is 13.5. The van der Waals surface area contributed by atoms with Gasteiger partial charge in [-0.1, -0.05) is 34.6 Å². The molecule has 0 N–H and O–H groups in total. The first-order chi connectivity index (χ1) is 7.87. The average molecular weight is 237 g/mol. The Kier molecular flexibility index (Phi) is 4.43. The summed E-state index contributed by atoms with van der Waals surface area (Å²) >= 11 is 0. The molecule has 1 atom stereocenters. The van der Waals surface area contributed by atoms with Crippen LogP contribution in [0, 0.1) is 5.41 Å². The van der Waals surface area contributed by atoms with Crippen molar-refractivity contribution in [1.82, 2.24) is 15.2 Å². The van der Waals surface area contributed by atoms with E-state index < -0.39 is 0 Å². The van der Waals surface area contributed by atoms with Crippen LogP contribution >= 0.6 is 0 Å². The molecule has 0 aliphatic carbocycles. The van der Waals surface area contributed by atoms with Crippen LogP contribution in [0.1, 0.15) is 58.5 Å². The molecule has 0 saturated carbocycles. The van der Waals surface area contributed by atoms with Gasteiger partial charge in [-0.3, -0.25) is 0 Å². The summed E-state index contributed by atoms with van der Waals surface area (Å²) in [4.78, 5) is 4.45. The van der Waals surface area contributed by atoms with Crippen molar-refractivity contribution in [1.29, 1.82) is 0 Å². The Balaban J connectivity index is 3.01. The lowest BCUT2D eigenvalue weighted by Crippen LogP contribution is -2.15. The van der Waals surface area contributed by atoms with E-state index in [0.29, 0.717) is 11.8 Å². The van der Waals surface area contributed by atoms with Crippen molar-refractivity contribution >= 4 is 0 Å². The van der Waals surface area contributed by atoms with E-state index in [1.54, 1.807) is 7.11 Å². The van der Waals surface area contributed by atoms with Crippen LogP contribution in [-0.2, 0) is 6.42 Å². The number of hydrogen-bond donors (Lipinski definition) is 0. The second kappa shape index (κ2) is 5.43. The molecule has 1 heterocycles. The van der Waals surface area contributed by atoms with Crippen LogP contribution in [0.25, 0.3) is 0 Å². The van der Waals surface area contributed by atoms with Crippen LogP contribution in [-0.4, -0.2) is 22.3 Å². The van der Waals surface area contributed by atoms with Gasteiger partial charge in [-0.2, -0.15) is 4.98 Å². The van der Waals surface area contributed by atoms with Crippen LogP contribution in [0.4, 0.5) is 0 Å². The van der Waals surface area contributed by atoms with Crippen molar-refractivity contribution in [3.8, 4) is 5.88 Å². The molecule has 0 saturated heterocycles. The van der Waals surface area contributed by atoms with Gasteiger partial charge in [-0.25, -0.2) is 0 Å². The minimum Gasteiger partial charge on any atom is -0.480 e. The van der Waals surface area contributed by atoms with Gasteiger partial charge in [0.1, 0.15) is 5.69 Å². The zero-order valence-corrected chi connectivity index (χ0v) is 11.7. The summed E-state index contributed by atoms with van der Waals surface area (Å²) < 4.78 is 5.31. The Labute approximate surface area is 104 Å². The Morgan fingerprint density at radius 1 is 1.24 bits per heavy atom. The first kappa shape index (κ1) is 13.9. The van der Waals surface area contributed by atoms with Gasteiger partial charge < -0.3 is 4.74 Å². The summed E-state index contributed by atoms with van der Waals surface area (Å²) in [7, 11) is 1.64. The lowest BCUT2D eigenvalue weighted by molar-refractivity contribution is 0.354. The van der Waals surface area contributed by atoms with E-state index >= 15 is 0 Å². The highest BCUT2D eigenvalue weighted by molar-refractivity contribution is 5.19. The number of hydrogen-bond acceptors (Lipinski definition) is 4. The largest absolute Gasteiger partial charge is 0.480 e. The summed E-state index contributed by atoms with van der Waals surface area (Å²) in [5.74, 6) is 1.70. The van der Waals surface area contributed by atoms with Gasteiger partial charge >= 0.3 is 0 Å². The van der Waals surface area contributed by atoms with Gasteiger partial charge in [0.25, 0.3) is 0 Å². The summed E-state index contributed by atoms with van der Waals surface area (Å²) in [6.45, 7) is 10.7. The van der Waals surface area contributed by atoms with Gasteiger partial charge in [0.15, 0.2) is 5.82 Å². The SMILES string of the molecule is CCC(C)c1nnc(CC(C)(C)C)c(OC)n1. The van der Waals surface area contributed by atoms with E-state index in [-0.39, 0.29) is 5.41 Å². The molecule has 0 aliphatic heterocycles. The number of nitrogens with zero attached hydrogens (tertiary/aromatic N) is 3. The quantitative estimate of drug-likeness (QED) is 0.807. The Hall–Kier alpha value is -1.19. The summed E-state index contributed by atoms with van der Waals surface area (Å²) in [5.41, 5.74) is 0.994. The fourth-order valence-corrected chi connectivity index (χ4v) is 1.51. The first-order valence-electron chi connectivity index (χ1n) is 6.15. The van der Waals surface area contributed by atoms with Gasteiger partial charge in [-0.05, 0) is 11.8 Å². The monoisotopic (exact) mass is 237 g/mol. The predicted octanol–water partition coefficient (Wildman–Crippen LogP) is 2.98. The maximum absolute atomic E-state index is 5.31. The molecule has 0 spiro atoms. The molecule has 1 aromatic rings. The van der Waals surface area contributed by atoms with E-state index in [1.165, 1.54) is 0 Å². The van der Waals surface area contributed by atoms with E-state index in [1.807, 2.05) is 0 Å². The van der Waals surface area contributed by atoms with Crippen molar-refractivity contribution in [3.05, 3.63) is 11.5 Å². The van der Waals surface area contributed by atoms with Gasteiger partial charge in [-0.15, -0.1) is 10.2 Å². The van der Waals surface area contributed by atoms with Gasteiger partial charge in [0, 0.05) is 12.3 Å². The molecule has 0 aliphatic rings. The lowest BCUT2D eigenvalue weighted by atomic mass is 9.90. The van der Waals surface area contributed by atoms with Crippen LogP contribution in [0.3, 0.4) is 0 Å². The second-order valence-electron chi connectivity index (χ2n) is 5.67. The third-order valence-corrected chi connectivity index (χ3v) is 2.68. The van der Waals surface area contributed by atoms with Crippen molar-refractivity contribution in [2.45, 2.75) is 53.4 Å². The second-order valence-corrected chi connectivity index (χ2v) is 5.67. The van der Waals surface area contributed by atoms with E-state index in [4.69, 9.17) is 4.74 Å². The summed E-state index contributed by atoms with van der Waals surface area (Å²) in [6, 6.07) is 0.